The molecule has 0 radical (unpaired) electrons. The summed E-state index contributed by atoms with van der Waals surface area (Å²) in [5, 5.41) is 3.49. The zero-order chi connectivity index (χ0) is 10.7. The van der Waals surface area contributed by atoms with Gasteiger partial charge >= 0.3 is 0 Å². The third-order valence-corrected chi connectivity index (χ3v) is 4.27. The van der Waals surface area contributed by atoms with E-state index in [4.69, 9.17) is 11.6 Å². The molecular formula is C12H15ClIN. The normalized spacial score (nSPS) is 17.7. The van der Waals surface area contributed by atoms with Gasteiger partial charge in [-0.05, 0) is 58.5 Å². The van der Waals surface area contributed by atoms with Crippen LogP contribution in [0.25, 0.3) is 0 Å². The smallest absolute Gasteiger partial charge is 0.0292 e. The molecule has 0 spiro atoms. The molecule has 0 aliphatic heterocycles. The summed E-state index contributed by atoms with van der Waals surface area (Å²) in [4.78, 5) is 0. The van der Waals surface area contributed by atoms with Gasteiger partial charge in [0, 0.05) is 22.5 Å². The van der Waals surface area contributed by atoms with Crippen LogP contribution in [-0.4, -0.2) is 12.4 Å². The maximum atomic E-state index is 5.92. The van der Waals surface area contributed by atoms with E-state index in [1.54, 1.807) is 0 Å². The third kappa shape index (κ3) is 3.33. The van der Waals surface area contributed by atoms with Gasteiger partial charge in [0.05, 0.1) is 0 Å². The molecule has 2 rings (SSSR count). The Kier molecular flexibility index (Phi) is 3.91. The monoisotopic (exact) mass is 335 g/mol. The number of nitrogens with one attached hydrogen (secondary N) is 1. The lowest BCUT2D eigenvalue weighted by Gasteiger charge is -2.12. The van der Waals surface area contributed by atoms with Crippen LogP contribution in [0.4, 0.5) is 0 Å². The first-order chi connectivity index (χ1) is 7.24. The molecule has 82 valence electrons. The first kappa shape index (κ1) is 11.7. The minimum absolute atomic E-state index is 0.421. The van der Waals surface area contributed by atoms with Gasteiger partial charge in [-0.3, -0.25) is 0 Å². The van der Waals surface area contributed by atoms with Gasteiger partial charge in [-0.2, -0.15) is 0 Å². The fraction of sp³-hybridized carbons (Fsp3) is 0.500. The molecule has 0 amide bonds. The summed E-state index contributed by atoms with van der Waals surface area (Å²) >= 11 is 8.24. The van der Waals surface area contributed by atoms with Crippen LogP contribution < -0.4 is 5.32 Å². The Labute approximate surface area is 110 Å². The molecule has 0 saturated heterocycles. The van der Waals surface area contributed by atoms with Crippen LogP contribution in [0.3, 0.4) is 0 Å². The average Bonchev–Trinajstić information content (AvgIpc) is 3.02. The van der Waals surface area contributed by atoms with Gasteiger partial charge in [0.25, 0.3) is 0 Å². The van der Waals surface area contributed by atoms with E-state index >= 15 is 0 Å². The molecule has 1 aromatic carbocycles. The highest BCUT2D eigenvalue weighted by atomic mass is 127. The molecule has 1 aromatic rings. The van der Waals surface area contributed by atoms with Crippen molar-refractivity contribution in [3.8, 4) is 0 Å². The lowest BCUT2D eigenvalue weighted by atomic mass is 10.1. The first-order valence-corrected chi connectivity index (χ1v) is 6.87. The Hall–Kier alpha value is 0.200. The van der Waals surface area contributed by atoms with Crippen molar-refractivity contribution < 1.29 is 0 Å². The predicted octanol–water partition coefficient (Wildman–Crippen LogP) is 3.40. The minimum Gasteiger partial charge on any atom is -0.312 e. The SMILES string of the molecule is ClCC1(CNCc2ccc(I)cc2)CC1. The molecule has 15 heavy (non-hydrogen) atoms. The summed E-state index contributed by atoms with van der Waals surface area (Å²) in [7, 11) is 0. The second kappa shape index (κ2) is 5.02. The second-order valence-electron chi connectivity index (χ2n) is 4.36. The van der Waals surface area contributed by atoms with Crippen molar-refractivity contribution >= 4 is 34.2 Å². The predicted molar refractivity (Wildman–Crippen MR) is 73.3 cm³/mol. The molecule has 1 aliphatic rings. The van der Waals surface area contributed by atoms with Crippen LogP contribution in [0.5, 0.6) is 0 Å². The van der Waals surface area contributed by atoms with Gasteiger partial charge in [0.1, 0.15) is 0 Å². The Morgan fingerprint density at radius 1 is 1.27 bits per heavy atom. The first-order valence-electron chi connectivity index (χ1n) is 5.25. The topological polar surface area (TPSA) is 12.0 Å². The van der Waals surface area contributed by atoms with Gasteiger partial charge in [-0.15, -0.1) is 11.6 Å². The van der Waals surface area contributed by atoms with Crippen LogP contribution in [0.1, 0.15) is 18.4 Å². The molecule has 0 heterocycles. The molecule has 3 heteroatoms. The van der Waals surface area contributed by atoms with E-state index < -0.39 is 0 Å². The van der Waals surface area contributed by atoms with Crippen LogP contribution in [0, 0.1) is 8.99 Å². The Morgan fingerprint density at radius 2 is 1.93 bits per heavy atom. The summed E-state index contributed by atoms with van der Waals surface area (Å²) in [5.41, 5.74) is 1.77. The summed E-state index contributed by atoms with van der Waals surface area (Å²) < 4.78 is 1.29. The van der Waals surface area contributed by atoms with Crippen LogP contribution >= 0.6 is 34.2 Å². The van der Waals surface area contributed by atoms with Gasteiger partial charge in [0.2, 0.25) is 0 Å². The van der Waals surface area contributed by atoms with Gasteiger partial charge in [-0.25, -0.2) is 0 Å². The number of hydrogen-bond donors (Lipinski definition) is 1. The van der Waals surface area contributed by atoms with Gasteiger partial charge < -0.3 is 5.32 Å². The zero-order valence-electron chi connectivity index (χ0n) is 8.60. The number of halogens is 2. The molecule has 1 N–H and O–H groups in total. The van der Waals surface area contributed by atoms with E-state index in [9.17, 15) is 0 Å². The van der Waals surface area contributed by atoms with E-state index in [1.165, 1.54) is 22.0 Å². The molecular weight excluding hydrogens is 320 g/mol. The molecule has 0 unspecified atom stereocenters. The Balaban J connectivity index is 1.76. The maximum absolute atomic E-state index is 5.92. The van der Waals surface area contributed by atoms with Crippen molar-refractivity contribution in [1.82, 2.24) is 5.32 Å². The van der Waals surface area contributed by atoms with Gasteiger partial charge in [0.15, 0.2) is 0 Å². The van der Waals surface area contributed by atoms with Crippen LogP contribution in [-0.2, 0) is 6.54 Å². The molecule has 0 bridgehead atoms. The average molecular weight is 336 g/mol. The highest BCUT2D eigenvalue weighted by Crippen LogP contribution is 2.45. The Bertz CT molecular complexity index is 319. The van der Waals surface area contributed by atoms with Crippen molar-refractivity contribution in [2.45, 2.75) is 19.4 Å². The number of benzene rings is 1. The van der Waals surface area contributed by atoms with Gasteiger partial charge in [-0.1, -0.05) is 12.1 Å². The third-order valence-electron chi connectivity index (χ3n) is 2.98. The van der Waals surface area contributed by atoms with E-state index in [0.717, 1.165) is 19.0 Å². The van der Waals surface area contributed by atoms with E-state index in [1.807, 2.05) is 0 Å². The highest BCUT2D eigenvalue weighted by molar-refractivity contribution is 14.1. The van der Waals surface area contributed by atoms with E-state index in [-0.39, 0.29) is 0 Å². The van der Waals surface area contributed by atoms with Crippen molar-refractivity contribution in [3.05, 3.63) is 33.4 Å². The van der Waals surface area contributed by atoms with E-state index in [0.29, 0.717) is 5.41 Å². The lowest BCUT2D eigenvalue weighted by Crippen LogP contribution is -2.24. The van der Waals surface area contributed by atoms with Crippen molar-refractivity contribution in [1.29, 1.82) is 0 Å². The molecule has 0 aromatic heterocycles. The summed E-state index contributed by atoms with van der Waals surface area (Å²) in [6, 6.07) is 8.64. The summed E-state index contributed by atoms with van der Waals surface area (Å²) in [6.45, 7) is 2.01. The van der Waals surface area contributed by atoms with Crippen LogP contribution in [0.2, 0.25) is 0 Å². The summed E-state index contributed by atoms with van der Waals surface area (Å²) in [6.07, 6.45) is 2.58. The molecule has 1 aliphatic carbocycles. The standard InChI is InChI=1S/C12H15ClIN/c13-8-12(5-6-12)9-15-7-10-1-3-11(14)4-2-10/h1-4,15H,5-9H2. The van der Waals surface area contributed by atoms with Crippen molar-refractivity contribution in [2.75, 3.05) is 12.4 Å². The highest BCUT2D eigenvalue weighted by Gasteiger charge is 2.40. The quantitative estimate of drug-likeness (QED) is 0.642. The van der Waals surface area contributed by atoms with Crippen molar-refractivity contribution in [2.24, 2.45) is 5.41 Å². The zero-order valence-corrected chi connectivity index (χ0v) is 11.5. The van der Waals surface area contributed by atoms with Crippen LogP contribution in [0.15, 0.2) is 24.3 Å². The fourth-order valence-corrected chi connectivity index (χ4v) is 2.33. The molecule has 1 fully saturated rings. The maximum Gasteiger partial charge on any atom is 0.0292 e. The minimum atomic E-state index is 0.421. The molecule has 1 nitrogen and oxygen atoms in total. The summed E-state index contributed by atoms with van der Waals surface area (Å²) in [5.74, 6) is 0.798. The second-order valence-corrected chi connectivity index (χ2v) is 5.88. The molecule has 1 saturated carbocycles. The lowest BCUT2D eigenvalue weighted by molar-refractivity contribution is 0.505. The largest absolute Gasteiger partial charge is 0.312 e. The number of alkyl halides is 1. The Morgan fingerprint density at radius 3 is 2.47 bits per heavy atom. The number of rotatable bonds is 5. The van der Waals surface area contributed by atoms with E-state index in [2.05, 4.69) is 52.2 Å². The number of hydrogen-bond acceptors (Lipinski definition) is 1. The fourth-order valence-electron chi connectivity index (χ4n) is 1.61. The van der Waals surface area contributed by atoms with Crippen molar-refractivity contribution in [3.63, 3.8) is 0 Å². The molecule has 0 atom stereocenters.